The zero-order chi connectivity index (χ0) is 20.8. The van der Waals surface area contributed by atoms with Crippen LogP contribution >= 0.6 is 24.0 Å². The van der Waals surface area contributed by atoms with Crippen LogP contribution in [0.4, 0.5) is 4.79 Å². The molecule has 31 heavy (non-hydrogen) atoms. The van der Waals surface area contributed by atoms with E-state index in [-0.39, 0.29) is 30.1 Å². The average Bonchev–Trinajstić information content (AvgIpc) is 3.52. The maximum atomic E-state index is 12.0. The van der Waals surface area contributed by atoms with Crippen LogP contribution in [0.15, 0.2) is 27.8 Å². The highest BCUT2D eigenvalue weighted by Gasteiger charge is 2.41. The summed E-state index contributed by atoms with van der Waals surface area (Å²) in [5.74, 6) is 2.02. The summed E-state index contributed by atoms with van der Waals surface area (Å²) in [4.78, 5) is 21.3. The van der Waals surface area contributed by atoms with Crippen LogP contribution < -0.4 is 5.32 Å². The van der Waals surface area contributed by atoms with Crippen LogP contribution in [-0.2, 0) is 11.2 Å². The van der Waals surface area contributed by atoms with Gasteiger partial charge in [0, 0.05) is 45.2 Å². The Morgan fingerprint density at radius 1 is 1.23 bits per heavy atom. The molecule has 0 radical (unpaired) electrons. The maximum absolute atomic E-state index is 12.0. The number of likely N-dealkylation sites (tertiary alicyclic amines) is 2. The lowest BCUT2D eigenvalue weighted by atomic mass is 9.86. The number of ether oxygens (including phenoxy) is 1. The van der Waals surface area contributed by atoms with Crippen molar-refractivity contribution in [3.05, 3.63) is 24.2 Å². The van der Waals surface area contributed by atoms with E-state index in [1.807, 2.05) is 24.0 Å². The van der Waals surface area contributed by atoms with Crippen LogP contribution in [0.2, 0.25) is 0 Å². The molecule has 0 bridgehead atoms. The minimum absolute atomic E-state index is 0. The van der Waals surface area contributed by atoms with Crippen LogP contribution in [-0.4, -0.2) is 67.2 Å². The Morgan fingerprint density at radius 2 is 2.00 bits per heavy atom. The van der Waals surface area contributed by atoms with Crippen LogP contribution in [0, 0.1) is 5.41 Å². The third-order valence-electron chi connectivity index (χ3n) is 6.96. The molecule has 0 atom stereocenters. The first kappa shape index (κ1) is 24.2. The van der Waals surface area contributed by atoms with E-state index in [1.165, 1.54) is 32.1 Å². The molecule has 1 N–H and O–H groups in total. The molecule has 1 saturated carbocycles. The normalized spacial score (nSPS) is 21.4. The molecule has 1 aromatic rings. The highest BCUT2D eigenvalue weighted by Crippen LogP contribution is 2.45. The van der Waals surface area contributed by atoms with Crippen LogP contribution in [0.5, 0.6) is 0 Å². The summed E-state index contributed by atoms with van der Waals surface area (Å²) >= 11 is 0. The predicted molar refractivity (Wildman–Crippen MR) is 132 cm³/mol. The molecule has 2 saturated heterocycles. The topological polar surface area (TPSA) is 70.3 Å². The van der Waals surface area contributed by atoms with E-state index in [2.05, 4.69) is 10.2 Å². The van der Waals surface area contributed by atoms with Crippen molar-refractivity contribution in [2.75, 3.05) is 39.3 Å². The van der Waals surface area contributed by atoms with Crippen LogP contribution in [0.1, 0.15) is 57.6 Å². The summed E-state index contributed by atoms with van der Waals surface area (Å²) in [6.07, 6.45) is 11.0. The van der Waals surface area contributed by atoms with Gasteiger partial charge in [0.25, 0.3) is 0 Å². The molecule has 174 valence electrons. The van der Waals surface area contributed by atoms with Gasteiger partial charge >= 0.3 is 6.09 Å². The van der Waals surface area contributed by atoms with Gasteiger partial charge in [0.05, 0.1) is 12.9 Å². The summed E-state index contributed by atoms with van der Waals surface area (Å²) in [5, 5.41) is 3.74. The monoisotopic (exact) mass is 544 g/mol. The summed E-state index contributed by atoms with van der Waals surface area (Å²) in [5.41, 5.74) is 0.511. The van der Waals surface area contributed by atoms with E-state index in [1.54, 1.807) is 6.26 Å². The molecule has 7 nitrogen and oxygen atoms in total. The lowest BCUT2D eigenvalue weighted by Gasteiger charge is -2.34. The van der Waals surface area contributed by atoms with Gasteiger partial charge in [-0.1, -0.05) is 12.8 Å². The number of carbonyl (C=O) groups is 1. The molecule has 0 aromatic carbocycles. The first-order valence-corrected chi connectivity index (χ1v) is 11.7. The summed E-state index contributed by atoms with van der Waals surface area (Å²) in [6.45, 7) is 6.70. The first-order chi connectivity index (χ1) is 14.7. The Kier molecular flexibility index (Phi) is 8.92. The SMILES string of the molecule is CCOC(=O)N1CCC(NC(=NCCc2ccco2)N2CCC3(CCCC3)C2)CC1.I. The number of carbonyl (C=O) groups excluding carboxylic acids is 1. The number of hydrogen-bond donors (Lipinski definition) is 1. The molecule has 3 heterocycles. The summed E-state index contributed by atoms with van der Waals surface area (Å²) in [7, 11) is 0. The Bertz CT molecular complexity index is 710. The molecular weight excluding hydrogens is 507 g/mol. The zero-order valence-corrected chi connectivity index (χ0v) is 21.0. The molecule has 0 unspecified atom stereocenters. The standard InChI is InChI=1S/C23H36N4O3.HI/c1-2-29-22(28)26-14-8-19(9-15-26)25-21(24-13-7-20-6-5-17-30-20)27-16-12-23(18-27)10-3-4-11-23;/h5-6,17,19H,2-4,7-16,18H2,1H3,(H,24,25);1H. The minimum Gasteiger partial charge on any atom is -0.469 e. The first-order valence-electron chi connectivity index (χ1n) is 11.7. The third kappa shape index (κ3) is 6.29. The van der Waals surface area contributed by atoms with Crippen molar-refractivity contribution < 1.29 is 13.9 Å². The Morgan fingerprint density at radius 3 is 2.68 bits per heavy atom. The Balaban J connectivity index is 0.00000272. The smallest absolute Gasteiger partial charge is 0.409 e. The van der Waals surface area contributed by atoms with Gasteiger partial charge in [-0.25, -0.2) is 4.79 Å². The number of nitrogens with zero attached hydrogens (tertiary/aromatic N) is 3. The van der Waals surface area contributed by atoms with Gasteiger partial charge in [-0.2, -0.15) is 0 Å². The predicted octanol–water partition coefficient (Wildman–Crippen LogP) is 4.27. The van der Waals surface area contributed by atoms with Crippen molar-refractivity contribution in [1.29, 1.82) is 0 Å². The van der Waals surface area contributed by atoms with Crippen molar-refractivity contribution in [2.45, 2.75) is 64.3 Å². The van der Waals surface area contributed by atoms with Gasteiger partial charge in [0.1, 0.15) is 5.76 Å². The number of piperidine rings is 1. The third-order valence-corrected chi connectivity index (χ3v) is 6.96. The van der Waals surface area contributed by atoms with Gasteiger partial charge in [-0.3, -0.25) is 4.99 Å². The molecule has 1 aromatic heterocycles. The number of guanidine groups is 1. The number of furan rings is 1. The van der Waals surface area contributed by atoms with Gasteiger partial charge in [-0.15, -0.1) is 24.0 Å². The molecule has 4 rings (SSSR count). The number of amides is 1. The lowest BCUT2D eigenvalue weighted by Crippen LogP contribution is -2.51. The lowest BCUT2D eigenvalue weighted by molar-refractivity contribution is 0.0961. The van der Waals surface area contributed by atoms with E-state index in [4.69, 9.17) is 14.1 Å². The van der Waals surface area contributed by atoms with Crippen molar-refractivity contribution in [1.82, 2.24) is 15.1 Å². The van der Waals surface area contributed by atoms with Gasteiger partial charge in [0.15, 0.2) is 5.96 Å². The second kappa shape index (κ2) is 11.4. The van der Waals surface area contributed by atoms with E-state index >= 15 is 0 Å². The van der Waals surface area contributed by atoms with Crippen molar-refractivity contribution >= 4 is 36.0 Å². The fourth-order valence-electron chi connectivity index (χ4n) is 5.22. The quantitative estimate of drug-likeness (QED) is 0.341. The highest BCUT2D eigenvalue weighted by atomic mass is 127. The fraction of sp³-hybridized carbons (Fsp3) is 0.739. The largest absolute Gasteiger partial charge is 0.469 e. The summed E-state index contributed by atoms with van der Waals surface area (Å²) in [6, 6.07) is 4.29. The minimum atomic E-state index is -0.189. The number of halogens is 1. The van der Waals surface area contributed by atoms with Crippen molar-refractivity contribution in [2.24, 2.45) is 10.4 Å². The molecule has 2 aliphatic heterocycles. The molecule has 1 aliphatic carbocycles. The van der Waals surface area contributed by atoms with E-state index in [0.29, 0.717) is 18.1 Å². The maximum Gasteiger partial charge on any atom is 0.409 e. The molecular formula is C23H37IN4O3. The Hall–Kier alpha value is -1.45. The molecule has 8 heteroatoms. The van der Waals surface area contributed by atoms with Crippen LogP contribution in [0.25, 0.3) is 0 Å². The molecule has 3 aliphatic rings. The average molecular weight is 544 g/mol. The highest BCUT2D eigenvalue weighted by molar-refractivity contribution is 14.0. The number of nitrogens with one attached hydrogen (secondary N) is 1. The Labute approximate surface area is 203 Å². The van der Waals surface area contributed by atoms with Gasteiger partial charge < -0.3 is 24.3 Å². The second-order valence-electron chi connectivity index (χ2n) is 9.02. The summed E-state index contributed by atoms with van der Waals surface area (Å²) < 4.78 is 10.6. The molecule has 1 amide bonds. The van der Waals surface area contributed by atoms with E-state index in [9.17, 15) is 4.79 Å². The number of rotatable bonds is 5. The van der Waals surface area contributed by atoms with Crippen molar-refractivity contribution in [3.8, 4) is 0 Å². The second-order valence-corrected chi connectivity index (χ2v) is 9.02. The number of hydrogen-bond acceptors (Lipinski definition) is 4. The fourth-order valence-corrected chi connectivity index (χ4v) is 5.22. The van der Waals surface area contributed by atoms with Gasteiger partial charge in [-0.05, 0) is 56.6 Å². The zero-order valence-electron chi connectivity index (χ0n) is 18.7. The van der Waals surface area contributed by atoms with Gasteiger partial charge in [0.2, 0.25) is 0 Å². The van der Waals surface area contributed by atoms with E-state index < -0.39 is 0 Å². The van der Waals surface area contributed by atoms with Crippen LogP contribution in [0.3, 0.4) is 0 Å². The molecule has 1 spiro atoms. The van der Waals surface area contributed by atoms with E-state index in [0.717, 1.165) is 63.7 Å². The molecule has 3 fully saturated rings. The van der Waals surface area contributed by atoms with Crippen molar-refractivity contribution in [3.63, 3.8) is 0 Å². The number of aliphatic imine (C=N–C) groups is 1.